The molecule has 2 amide bonds. The number of nitrogens with one attached hydrogen (secondary N) is 2. The molecular formula is C9H19N3O2. The summed E-state index contributed by atoms with van der Waals surface area (Å²) in [6, 6.07) is -1.11. The third kappa shape index (κ3) is 3.74. The van der Waals surface area contributed by atoms with Crippen molar-refractivity contribution in [1.29, 1.82) is 0 Å². The summed E-state index contributed by atoms with van der Waals surface area (Å²) in [6.45, 7) is 5.33. The first-order chi connectivity index (χ1) is 6.40. The molecule has 0 unspecified atom stereocenters. The first-order valence-electron chi connectivity index (χ1n) is 4.67. The molecule has 0 aliphatic heterocycles. The summed E-state index contributed by atoms with van der Waals surface area (Å²) in [5.41, 5.74) is 5.61. The minimum absolute atomic E-state index is 0.0619. The second-order valence-electron chi connectivity index (χ2n) is 3.61. The molecule has 0 fully saturated rings. The predicted octanol–water partition coefficient (Wildman–Crippen LogP) is -0.780. The van der Waals surface area contributed by atoms with Crippen LogP contribution in [-0.2, 0) is 9.59 Å². The summed E-state index contributed by atoms with van der Waals surface area (Å²) in [5.74, 6) is -0.461. The van der Waals surface area contributed by atoms with Gasteiger partial charge in [0.1, 0.15) is 6.04 Å². The minimum atomic E-state index is -0.567. The molecule has 0 bridgehead atoms. The molecule has 82 valence electrons. The van der Waals surface area contributed by atoms with Crippen molar-refractivity contribution in [1.82, 2.24) is 10.6 Å². The van der Waals surface area contributed by atoms with Gasteiger partial charge >= 0.3 is 0 Å². The molecule has 0 aromatic rings. The number of nitrogens with two attached hydrogens (primary N) is 1. The Labute approximate surface area is 84.4 Å². The van der Waals surface area contributed by atoms with Crippen molar-refractivity contribution in [3.05, 3.63) is 0 Å². The SMILES string of the molecule is CNC(=O)[C@H](C)NC(=O)[C@@H](N)C(C)C. The zero-order chi connectivity index (χ0) is 11.3. The molecule has 0 rings (SSSR count). The van der Waals surface area contributed by atoms with Gasteiger partial charge in [-0.25, -0.2) is 0 Å². The van der Waals surface area contributed by atoms with Crippen molar-refractivity contribution in [3.63, 3.8) is 0 Å². The highest BCUT2D eigenvalue weighted by Crippen LogP contribution is 1.98. The second-order valence-corrected chi connectivity index (χ2v) is 3.61. The van der Waals surface area contributed by atoms with E-state index in [-0.39, 0.29) is 17.7 Å². The van der Waals surface area contributed by atoms with Gasteiger partial charge in [-0.3, -0.25) is 9.59 Å². The van der Waals surface area contributed by atoms with E-state index in [1.807, 2.05) is 13.8 Å². The normalized spacial score (nSPS) is 14.7. The van der Waals surface area contributed by atoms with Crippen LogP contribution in [0, 0.1) is 5.92 Å². The third-order valence-electron chi connectivity index (χ3n) is 2.02. The van der Waals surface area contributed by atoms with Crippen molar-refractivity contribution >= 4 is 11.8 Å². The van der Waals surface area contributed by atoms with Crippen molar-refractivity contribution in [2.45, 2.75) is 32.9 Å². The lowest BCUT2D eigenvalue weighted by Crippen LogP contribution is -2.51. The van der Waals surface area contributed by atoms with Gasteiger partial charge in [-0.15, -0.1) is 0 Å². The van der Waals surface area contributed by atoms with Gasteiger partial charge in [0.25, 0.3) is 0 Å². The van der Waals surface area contributed by atoms with Gasteiger partial charge in [-0.1, -0.05) is 13.8 Å². The molecule has 0 saturated carbocycles. The maximum atomic E-state index is 11.4. The monoisotopic (exact) mass is 201 g/mol. The number of hydrogen-bond acceptors (Lipinski definition) is 3. The standard InChI is InChI=1S/C9H19N3O2/c1-5(2)7(10)9(14)12-6(3)8(13)11-4/h5-7H,10H2,1-4H3,(H,11,13)(H,12,14)/t6-,7-/m0/s1. The van der Waals surface area contributed by atoms with Gasteiger partial charge in [0.05, 0.1) is 6.04 Å². The van der Waals surface area contributed by atoms with Crippen LogP contribution < -0.4 is 16.4 Å². The fourth-order valence-electron chi connectivity index (χ4n) is 0.894. The van der Waals surface area contributed by atoms with E-state index in [1.54, 1.807) is 6.92 Å². The molecule has 14 heavy (non-hydrogen) atoms. The van der Waals surface area contributed by atoms with E-state index in [1.165, 1.54) is 7.05 Å². The van der Waals surface area contributed by atoms with Crippen LogP contribution in [0.2, 0.25) is 0 Å². The van der Waals surface area contributed by atoms with Crippen LogP contribution in [0.3, 0.4) is 0 Å². The lowest BCUT2D eigenvalue weighted by atomic mass is 10.0. The smallest absolute Gasteiger partial charge is 0.242 e. The second kappa shape index (κ2) is 5.59. The van der Waals surface area contributed by atoms with Gasteiger partial charge in [0.15, 0.2) is 0 Å². The predicted molar refractivity (Wildman–Crippen MR) is 54.5 cm³/mol. The van der Waals surface area contributed by atoms with Crippen molar-refractivity contribution in [3.8, 4) is 0 Å². The van der Waals surface area contributed by atoms with Crippen LogP contribution in [0.5, 0.6) is 0 Å². The Kier molecular flexibility index (Phi) is 5.15. The van der Waals surface area contributed by atoms with E-state index in [0.29, 0.717) is 0 Å². The molecule has 0 aliphatic rings. The number of amides is 2. The van der Waals surface area contributed by atoms with Gasteiger partial charge in [-0.05, 0) is 12.8 Å². The molecule has 0 spiro atoms. The zero-order valence-electron chi connectivity index (χ0n) is 9.13. The number of likely N-dealkylation sites (N-methyl/N-ethyl adjacent to an activating group) is 1. The highest BCUT2D eigenvalue weighted by molar-refractivity contribution is 5.89. The molecule has 0 radical (unpaired) electrons. The Morgan fingerprint density at radius 1 is 1.14 bits per heavy atom. The molecule has 2 atom stereocenters. The maximum absolute atomic E-state index is 11.4. The Hall–Kier alpha value is -1.10. The molecular weight excluding hydrogens is 182 g/mol. The van der Waals surface area contributed by atoms with E-state index >= 15 is 0 Å². The summed E-state index contributed by atoms with van der Waals surface area (Å²) < 4.78 is 0. The molecule has 4 N–H and O–H groups in total. The van der Waals surface area contributed by atoms with Crippen LogP contribution in [0.15, 0.2) is 0 Å². The Bertz CT molecular complexity index is 216. The van der Waals surface area contributed by atoms with E-state index in [9.17, 15) is 9.59 Å². The molecule has 0 aromatic heterocycles. The fourth-order valence-corrected chi connectivity index (χ4v) is 0.894. The van der Waals surface area contributed by atoms with E-state index < -0.39 is 12.1 Å². The highest BCUT2D eigenvalue weighted by Gasteiger charge is 2.21. The molecule has 5 nitrogen and oxygen atoms in total. The lowest BCUT2D eigenvalue weighted by molar-refractivity contribution is -0.129. The topological polar surface area (TPSA) is 84.2 Å². The number of hydrogen-bond donors (Lipinski definition) is 3. The summed E-state index contributed by atoms with van der Waals surface area (Å²) >= 11 is 0. The van der Waals surface area contributed by atoms with Crippen LogP contribution in [0.4, 0.5) is 0 Å². The number of carbonyl (C=O) groups is 2. The molecule has 5 heteroatoms. The van der Waals surface area contributed by atoms with Crippen molar-refractivity contribution < 1.29 is 9.59 Å². The third-order valence-corrected chi connectivity index (χ3v) is 2.02. The fraction of sp³-hybridized carbons (Fsp3) is 0.778. The van der Waals surface area contributed by atoms with Gasteiger partial charge in [0.2, 0.25) is 11.8 Å². The number of carbonyl (C=O) groups excluding carboxylic acids is 2. The highest BCUT2D eigenvalue weighted by atomic mass is 16.2. The van der Waals surface area contributed by atoms with Crippen LogP contribution >= 0.6 is 0 Å². The lowest BCUT2D eigenvalue weighted by Gasteiger charge is -2.18. The van der Waals surface area contributed by atoms with Crippen LogP contribution in [0.1, 0.15) is 20.8 Å². The molecule has 0 aliphatic carbocycles. The Balaban J connectivity index is 4.12. The maximum Gasteiger partial charge on any atom is 0.242 e. The summed E-state index contributed by atoms with van der Waals surface area (Å²) in [5, 5.41) is 4.98. The Morgan fingerprint density at radius 3 is 2.00 bits per heavy atom. The number of rotatable bonds is 4. The molecule has 0 aromatic carbocycles. The largest absolute Gasteiger partial charge is 0.357 e. The Morgan fingerprint density at radius 2 is 1.64 bits per heavy atom. The summed E-state index contributed by atoms with van der Waals surface area (Å²) in [6.07, 6.45) is 0. The van der Waals surface area contributed by atoms with Crippen LogP contribution in [-0.4, -0.2) is 30.9 Å². The summed E-state index contributed by atoms with van der Waals surface area (Å²) in [4.78, 5) is 22.5. The van der Waals surface area contributed by atoms with Gasteiger partial charge in [-0.2, -0.15) is 0 Å². The minimum Gasteiger partial charge on any atom is -0.357 e. The van der Waals surface area contributed by atoms with E-state index in [2.05, 4.69) is 10.6 Å². The average molecular weight is 201 g/mol. The quantitative estimate of drug-likeness (QED) is 0.558. The zero-order valence-corrected chi connectivity index (χ0v) is 9.13. The van der Waals surface area contributed by atoms with Crippen molar-refractivity contribution in [2.75, 3.05) is 7.05 Å². The van der Waals surface area contributed by atoms with Gasteiger partial charge < -0.3 is 16.4 Å². The average Bonchev–Trinajstić information content (AvgIpc) is 2.14. The van der Waals surface area contributed by atoms with E-state index in [0.717, 1.165) is 0 Å². The molecule has 0 heterocycles. The molecule has 0 saturated heterocycles. The van der Waals surface area contributed by atoms with Crippen LogP contribution in [0.25, 0.3) is 0 Å². The summed E-state index contributed by atoms with van der Waals surface area (Å²) in [7, 11) is 1.52. The first kappa shape index (κ1) is 12.9. The van der Waals surface area contributed by atoms with Gasteiger partial charge in [0, 0.05) is 7.05 Å². The first-order valence-corrected chi connectivity index (χ1v) is 4.67. The van der Waals surface area contributed by atoms with Crippen molar-refractivity contribution in [2.24, 2.45) is 11.7 Å². The van der Waals surface area contributed by atoms with E-state index in [4.69, 9.17) is 5.73 Å².